The zero-order chi connectivity index (χ0) is 30.3. The first kappa shape index (κ1) is 26.7. The number of benzene rings is 7. The first-order chi connectivity index (χ1) is 22.3. The van der Waals surface area contributed by atoms with Gasteiger partial charge in [-0.15, -0.1) is 0 Å². The molecule has 8 rings (SSSR count). The van der Waals surface area contributed by atoms with Gasteiger partial charge in [-0.25, -0.2) is 0 Å². The Morgan fingerprint density at radius 1 is 0.400 bits per heavy atom. The molecule has 0 bridgehead atoms. The summed E-state index contributed by atoms with van der Waals surface area (Å²) in [5.74, 6) is 0. The second-order valence-corrected chi connectivity index (χ2v) is 11.3. The van der Waals surface area contributed by atoms with Crippen LogP contribution in [0.3, 0.4) is 0 Å². The Morgan fingerprint density at radius 3 is 1.71 bits per heavy atom. The summed E-state index contributed by atoms with van der Waals surface area (Å²) in [6, 6.07) is 51.4. The van der Waals surface area contributed by atoms with E-state index in [1.165, 1.54) is 27.6 Å². The molecule has 0 amide bonds. The van der Waals surface area contributed by atoms with Crippen molar-refractivity contribution in [2.45, 2.75) is 0 Å². The number of hydrogen-bond acceptors (Lipinski definition) is 1. The quantitative estimate of drug-likeness (QED) is 0.192. The van der Waals surface area contributed by atoms with Crippen molar-refractivity contribution in [3.05, 3.63) is 170 Å². The minimum atomic E-state index is 0.872. The Hall–Kier alpha value is -5.92. The molecule has 1 heteroatoms. The normalized spacial score (nSPS) is 11.3. The van der Waals surface area contributed by atoms with Gasteiger partial charge in [-0.2, -0.15) is 0 Å². The van der Waals surface area contributed by atoms with Crippen LogP contribution in [-0.4, -0.2) is 0 Å². The zero-order valence-electron chi connectivity index (χ0n) is 24.8. The van der Waals surface area contributed by atoms with E-state index in [-0.39, 0.29) is 0 Å². The average molecular weight is 575 g/mol. The molecule has 0 aliphatic carbocycles. The van der Waals surface area contributed by atoms with Gasteiger partial charge in [-0.05, 0) is 84.6 Å². The van der Waals surface area contributed by atoms with Crippen LogP contribution in [0.2, 0.25) is 0 Å². The Bertz CT molecular complexity index is 2390. The van der Waals surface area contributed by atoms with Gasteiger partial charge in [-0.1, -0.05) is 153 Å². The molecule has 1 aromatic heterocycles. The van der Waals surface area contributed by atoms with Crippen LogP contribution in [0.5, 0.6) is 0 Å². The third-order valence-corrected chi connectivity index (χ3v) is 8.86. The second kappa shape index (κ2) is 11.0. The van der Waals surface area contributed by atoms with Crippen molar-refractivity contribution >= 4 is 44.9 Å². The van der Waals surface area contributed by atoms with E-state index in [4.69, 9.17) is 4.42 Å². The lowest BCUT2D eigenvalue weighted by molar-refractivity contribution is 0.669. The summed E-state index contributed by atoms with van der Waals surface area (Å²) in [5.41, 5.74) is 13.1. The predicted molar refractivity (Wildman–Crippen MR) is 193 cm³/mol. The van der Waals surface area contributed by atoms with Crippen LogP contribution >= 0.6 is 0 Å². The largest absolute Gasteiger partial charge is 0.456 e. The third kappa shape index (κ3) is 4.32. The standard InChI is InChI=1S/C44H30O/c1-3-32-33(4-2)43(35-21-12-11-20-34(35)30-18-9-6-10-19-30)39-28-31(29-16-7-5-8-17-29)26-27-36(39)42(32)38-23-15-25-41-44(38)37-22-13-14-24-40(37)45-41/h3-28H,1-2H2. The molecule has 0 saturated carbocycles. The topological polar surface area (TPSA) is 13.1 Å². The molecule has 8 aromatic rings. The van der Waals surface area contributed by atoms with Crippen molar-refractivity contribution < 1.29 is 4.42 Å². The molecule has 0 saturated heterocycles. The summed E-state index contributed by atoms with van der Waals surface area (Å²) in [6.45, 7) is 8.76. The monoisotopic (exact) mass is 574 g/mol. The van der Waals surface area contributed by atoms with Crippen LogP contribution in [0.4, 0.5) is 0 Å². The molecule has 0 N–H and O–H groups in total. The van der Waals surface area contributed by atoms with Crippen LogP contribution in [0.25, 0.3) is 89.4 Å². The van der Waals surface area contributed by atoms with Crippen LogP contribution < -0.4 is 0 Å². The van der Waals surface area contributed by atoms with E-state index in [1.54, 1.807) is 0 Å². The van der Waals surface area contributed by atoms with Gasteiger partial charge in [0.1, 0.15) is 11.2 Å². The van der Waals surface area contributed by atoms with Crippen LogP contribution in [-0.2, 0) is 0 Å². The predicted octanol–water partition coefficient (Wildman–Crippen LogP) is 12.7. The molecular weight excluding hydrogens is 544 g/mol. The van der Waals surface area contributed by atoms with E-state index in [1.807, 2.05) is 24.3 Å². The molecule has 1 nitrogen and oxygen atoms in total. The van der Waals surface area contributed by atoms with Gasteiger partial charge in [0.2, 0.25) is 0 Å². The molecule has 1 heterocycles. The highest BCUT2D eigenvalue weighted by Crippen LogP contribution is 2.48. The van der Waals surface area contributed by atoms with Crippen molar-refractivity contribution in [2.75, 3.05) is 0 Å². The summed E-state index contributed by atoms with van der Waals surface area (Å²) in [6.07, 6.45) is 3.99. The van der Waals surface area contributed by atoms with Crippen LogP contribution in [0.1, 0.15) is 11.1 Å². The molecule has 0 fully saturated rings. The van der Waals surface area contributed by atoms with E-state index >= 15 is 0 Å². The molecule has 7 aromatic carbocycles. The Kier molecular flexibility index (Phi) is 6.51. The highest BCUT2D eigenvalue weighted by atomic mass is 16.3. The average Bonchev–Trinajstić information content (AvgIpc) is 3.50. The fraction of sp³-hybridized carbons (Fsp3) is 0. The lowest BCUT2D eigenvalue weighted by Gasteiger charge is -2.23. The number of hydrogen-bond donors (Lipinski definition) is 0. The van der Waals surface area contributed by atoms with Gasteiger partial charge in [0.25, 0.3) is 0 Å². The SMILES string of the molecule is C=Cc1c(C=C)c(-c2cccc3oc4ccccc4c23)c2ccc(-c3ccccc3)cc2c1-c1ccccc1-c1ccccc1. The lowest BCUT2D eigenvalue weighted by Crippen LogP contribution is -1.98. The first-order valence-electron chi connectivity index (χ1n) is 15.3. The third-order valence-electron chi connectivity index (χ3n) is 8.86. The van der Waals surface area contributed by atoms with E-state index in [9.17, 15) is 0 Å². The van der Waals surface area contributed by atoms with Gasteiger partial charge < -0.3 is 4.42 Å². The summed E-state index contributed by atoms with van der Waals surface area (Å²) in [7, 11) is 0. The van der Waals surface area contributed by atoms with Gasteiger partial charge in [0.05, 0.1) is 0 Å². The van der Waals surface area contributed by atoms with Crippen molar-refractivity contribution in [2.24, 2.45) is 0 Å². The summed E-state index contributed by atoms with van der Waals surface area (Å²) < 4.78 is 6.35. The first-order valence-corrected chi connectivity index (χ1v) is 15.3. The minimum absolute atomic E-state index is 0.872. The number of para-hydroxylation sites is 1. The number of rotatable bonds is 6. The van der Waals surface area contributed by atoms with E-state index in [0.717, 1.165) is 60.7 Å². The summed E-state index contributed by atoms with van der Waals surface area (Å²) in [4.78, 5) is 0. The van der Waals surface area contributed by atoms with Gasteiger partial charge >= 0.3 is 0 Å². The lowest BCUT2D eigenvalue weighted by atomic mass is 9.80. The van der Waals surface area contributed by atoms with Crippen LogP contribution in [0, 0.1) is 0 Å². The molecule has 45 heavy (non-hydrogen) atoms. The second-order valence-electron chi connectivity index (χ2n) is 11.3. The Labute approximate surface area is 263 Å². The van der Waals surface area contributed by atoms with Crippen molar-refractivity contribution in [1.29, 1.82) is 0 Å². The summed E-state index contributed by atoms with van der Waals surface area (Å²) in [5, 5.41) is 4.54. The highest BCUT2D eigenvalue weighted by Gasteiger charge is 2.23. The molecule has 212 valence electrons. The van der Waals surface area contributed by atoms with E-state index < -0.39 is 0 Å². The Balaban J connectivity index is 1.55. The molecule has 0 aliphatic heterocycles. The fourth-order valence-electron chi connectivity index (χ4n) is 6.90. The zero-order valence-corrected chi connectivity index (χ0v) is 24.8. The maximum atomic E-state index is 6.35. The molecule has 0 spiro atoms. The van der Waals surface area contributed by atoms with E-state index in [2.05, 4.69) is 147 Å². The summed E-state index contributed by atoms with van der Waals surface area (Å²) >= 11 is 0. The molecular formula is C44H30O. The van der Waals surface area contributed by atoms with Crippen LogP contribution in [0.15, 0.2) is 163 Å². The molecule has 0 unspecified atom stereocenters. The maximum Gasteiger partial charge on any atom is 0.136 e. The molecule has 0 atom stereocenters. The van der Waals surface area contributed by atoms with Gasteiger partial charge in [0, 0.05) is 10.8 Å². The van der Waals surface area contributed by atoms with Crippen molar-refractivity contribution in [3.63, 3.8) is 0 Å². The molecule has 0 radical (unpaired) electrons. The molecule has 0 aliphatic rings. The van der Waals surface area contributed by atoms with Gasteiger partial charge in [-0.3, -0.25) is 0 Å². The Morgan fingerprint density at radius 2 is 0.978 bits per heavy atom. The minimum Gasteiger partial charge on any atom is -0.456 e. The highest BCUT2D eigenvalue weighted by molar-refractivity contribution is 6.20. The van der Waals surface area contributed by atoms with E-state index in [0.29, 0.717) is 0 Å². The fourth-order valence-corrected chi connectivity index (χ4v) is 6.90. The van der Waals surface area contributed by atoms with Gasteiger partial charge in [0.15, 0.2) is 0 Å². The number of furan rings is 1. The number of fused-ring (bicyclic) bond motifs is 4. The smallest absolute Gasteiger partial charge is 0.136 e. The van der Waals surface area contributed by atoms with Crippen molar-refractivity contribution in [1.82, 2.24) is 0 Å². The maximum absolute atomic E-state index is 6.35. The van der Waals surface area contributed by atoms with Crippen molar-refractivity contribution in [3.8, 4) is 44.5 Å².